The van der Waals surface area contributed by atoms with E-state index < -0.39 is 5.97 Å². The van der Waals surface area contributed by atoms with E-state index in [1.807, 2.05) is 42.5 Å². The van der Waals surface area contributed by atoms with E-state index >= 15 is 0 Å². The van der Waals surface area contributed by atoms with E-state index in [1.165, 1.54) is 5.56 Å². The number of nitrogens with zero attached hydrogens (tertiary/aromatic N) is 3. The Morgan fingerprint density at radius 2 is 1.72 bits per heavy atom. The minimum Gasteiger partial charge on any atom is -0.481 e. The summed E-state index contributed by atoms with van der Waals surface area (Å²) in [6.45, 7) is 2.58. The van der Waals surface area contributed by atoms with Crippen LogP contribution >= 0.6 is 0 Å². The number of para-hydroxylation sites is 1. The number of carboxylic acids is 1. The first-order valence-electron chi connectivity index (χ1n) is 12.9. The molecule has 0 saturated heterocycles. The number of unbranched alkanes of at least 4 members (excludes halogenated alkanes) is 1. The number of carboxylic acid groups (broad SMARTS) is 1. The SMILES string of the molecule is CC(=O)O.NCCCCn1c(Cc2ccccc2)c(-c2nc3cc4[nH]cnc4cc3[nH]c2=O)c2ccccc21. The fourth-order valence-corrected chi connectivity index (χ4v) is 4.95. The number of hydrogen-bond donors (Lipinski definition) is 4. The Hall–Kier alpha value is -4.76. The van der Waals surface area contributed by atoms with Crippen LogP contribution in [0.5, 0.6) is 0 Å². The fraction of sp³-hybridized carbons (Fsp3) is 0.200. The van der Waals surface area contributed by atoms with Crippen molar-refractivity contribution in [2.24, 2.45) is 5.73 Å². The number of aromatic nitrogens is 5. The summed E-state index contributed by atoms with van der Waals surface area (Å²) < 4.78 is 2.34. The van der Waals surface area contributed by atoms with Gasteiger partial charge in [0.15, 0.2) is 0 Å². The molecule has 0 bridgehead atoms. The molecule has 3 heterocycles. The molecule has 0 radical (unpaired) electrons. The lowest BCUT2D eigenvalue weighted by Crippen LogP contribution is -2.13. The molecular weight excluding hydrogens is 492 g/mol. The molecule has 0 saturated carbocycles. The number of benzene rings is 3. The smallest absolute Gasteiger partial charge is 0.300 e. The van der Waals surface area contributed by atoms with E-state index in [1.54, 1.807) is 6.33 Å². The highest BCUT2D eigenvalue weighted by molar-refractivity contribution is 5.99. The Morgan fingerprint density at radius 3 is 2.49 bits per heavy atom. The lowest BCUT2D eigenvalue weighted by atomic mass is 10.0. The summed E-state index contributed by atoms with van der Waals surface area (Å²) in [6, 6.07) is 22.4. The van der Waals surface area contributed by atoms with Gasteiger partial charge >= 0.3 is 0 Å². The second kappa shape index (κ2) is 11.3. The van der Waals surface area contributed by atoms with Crippen molar-refractivity contribution in [1.29, 1.82) is 0 Å². The normalized spacial score (nSPS) is 11.1. The van der Waals surface area contributed by atoms with Crippen LogP contribution in [0.4, 0.5) is 0 Å². The summed E-state index contributed by atoms with van der Waals surface area (Å²) in [5.74, 6) is -0.833. The lowest BCUT2D eigenvalue weighted by Gasteiger charge is -2.13. The van der Waals surface area contributed by atoms with Crippen LogP contribution in [0.1, 0.15) is 31.0 Å². The van der Waals surface area contributed by atoms with Gasteiger partial charge in [-0.1, -0.05) is 48.5 Å². The first kappa shape index (κ1) is 25.9. The maximum Gasteiger partial charge on any atom is 0.300 e. The monoisotopic (exact) mass is 522 g/mol. The van der Waals surface area contributed by atoms with Gasteiger partial charge in [-0.05, 0) is 43.1 Å². The van der Waals surface area contributed by atoms with Gasteiger partial charge in [0.25, 0.3) is 11.5 Å². The molecule has 9 nitrogen and oxygen atoms in total. The van der Waals surface area contributed by atoms with Gasteiger partial charge in [0.05, 0.1) is 28.4 Å². The van der Waals surface area contributed by atoms with E-state index in [0.717, 1.165) is 65.0 Å². The molecule has 198 valence electrons. The van der Waals surface area contributed by atoms with Crippen LogP contribution in [0.25, 0.3) is 44.2 Å². The second-order valence-corrected chi connectivity index (χ2v) is 9.37. The molecule has 5 N–H and O–H groups in total. The summed E-state index contributed by atoms with van der Waals surface area (Å²) in [5, 5.41) is 8.45. The topological polar surface area (TPSA) is 143 Å². The van der Waals surface area contributed by atoms with Crippen molar-refractivity contribution < 1.29 is 9.90 Å². The number of aryl methyl sites for hydroxylation is 1. The number of aliphatic carboxylic acids is 1. The van der Waals surface area contributed by atoms with Crippen molar-refractivity contribution >= 4 is 38.9 Å². The zero-order valence-electron chi connectivity index (χ0n) is 21.6. The summed E-state index contributed by atoms with van der Waals surface area (Å²) in [5.41, 5.74) is 13.4. The molecule has 0 aliphatic heterocycles. The third-order valence-electron chi connectivity index (χ3n) is 6.60. The van der Waals surface area contributed by atoms with Crippen LogP contribution in [0.15, 0.2) is 77.9 Å². The molecular formula is C30H30N6O3. The number of nitrogens with two attached hydrogens (primary N) is 1. The molecule has 0 atom stereocenters. The van der Waals surface area contributed by atoms with Gasteiger partial charge in [-0.15, -0.1) is 0 Å². The average molecular weight is 523 g/mol. The van der Waals surface area contributed by atoms with E-state index in [4.69, 9.17) is 20.6 Å². The minimum atomic E-state index is -0.833. The van der Waals surface area contributed by atoms with E-state index in [9.17, 15) is 4.79 Å². The highest BCUT2D eigenvalue weighted by atomic mass is 16.4. The highest BCUT2D eigenvalue weighted by Crippen LogP contribution is 2.35. The molecule has 3 aromatic heterocycles. The minimum absolute atomic E-state index is 0.202. The van der Waals surface area contributed by atoms with Crippen LogP contribution in [-0.2, 0) is 17.8 Å². The number of rotatable bonds is 7. The molecule has 39 heavy (non-hydrogen) atoms. The van der Waals surface area contributed by atoms with Gasteiger partial charge < -0.3 is 25.4 Å². The van der Waals surface area contributed by atoms with Gasteiger partial charge in [-0.2, -0.15) is 0 Å². The van der Waals surface area contributed by atoms with Gasteiger partial charge in [-0.25, -0.2) is 9.97 Å². The number of aromatic amines is 2. The average Bonchev–Trinajstić information content (AvgIpc) is 3.49. The Balaban J connectivity index is 0.000000723. The van der Waals surface area contributed by atoms with E-state index in [-0.39, 0.29) is 5.56 Å². The Bertz CT molecular complexity index is 1810. The fourth-order valence-electron chi connectivity index (χ4n) is 4.95. The zero-order chi connectivity index (χ0) is 27.4. The number of imidazole rings is 1. The van der Waals surface area contributed by atoms with Crippen LogP contribution in [0.2, 0.25) is 0 Å². The number of carbonyl (C=O) groups is 1. The molecule has 6 aromatic rings. The molecule has 0 amide bonds. The summed E-state index contributed by atoms with van der Waals surface area (Å²) in [4.78, 5) is 37.9. The van der Waals surface area contributed by atoms with Crippen LogP contribution in [0.3, 0.4) is 0 Å². The van der Waals surface area contributed by atoms with Crippen LogP contribution in [-0.4, -0.2) is 42.1 Å². The van der Waals surface area contributed by atoms with Crippen molar-refractivity contribution in [3.8, 4) is 11.3 Å². The predicted molar refractivity (Wildman–Crippen MR) is 154 cm³/mol. The predicted octanol–water partition coefficient (Wildman–Crippen LogP) is 4.84. The van der Waals surface area contributed by atoms with Crippen molar-refractivity contribution in [1.82, 2.24) is 24.5 Å². The third kappa shape index (κ3) is 5.44. The van der Waals surface area contributed by atoms with E-state index in [2.05, 4.69) is 43.8 Å². The summed E-state index contributed by atoms with van der Waals surface area (Å²) >= 11 is 0. The van der Waals surface area contributed by atoms with Gasteiger partial charge in [-0.3, -0.25) is 9.59 Å². The second-order valence-electron chi connectivity index (χ2n) is 9.37. The van der Waals surface area contributed by atoms with Crippen molar-refractivity contribution in [3.63, 3.8) is 0 Å². The number of hydrogen-bond acceptors (Lipinski definition) is 5. The Labute approximate surface area is 224 Å². The van der Waals surface area contributed by atoms with Crippen LogP contribution in [0, 0.1) is 0 Å². The standard InChI is InChI=1S/C28H26N6O.C2H4O2/c29-12-6-7-13-34-24-11-5-4-10-19(24)26(25(34)14-18-8-2-1-3-9-18)27-28(35)33-23-16-21-20(30-17-31-21)15-22(23)32-27;1-2(3)4/h1-5,8-11,15-17H,6-7,12-14,29H2,(H,30,31)(H,33,35);1H3,(H,3,4). The van der Waals surface area contributed by atoms with Gasteiger partial charge in [0, 0.05) is 42.0 Å². The maximum absolute atomic E-state index is 13.5. The van der Waals surface area contributed by atoms with Crippen molar-refractivity contribution in [3.05, 3.63) is 94.7 Å². The quantitative estimate of drug-likeness (QED) is 0.221. The molecule has 0 fully saturated rings. The number of H-pyrrole nitrogens is 2. The lowest BCUT2D eigenvalue weighted by molar-refractivity contribution is -0.134. The maximum atomic E-state index is 13.5. The first-order chi connectivity index (χ1) is 19.0. The van der Waals surface area contributed by atoms with Gasteiger partial charge in [0.2, 0.25) is 0 Å². The Morgan fingerprint density at radius 1 is 1.00 bits per heavy atom. The van der Waals surface area contributed by atoms with Crippen molar-refractivity contribution in [2.75, 3.05) is 6.54 Å². The first-order valence-corrected chi connectivity index (χ1v) is 12.9. The molecule has 0 aliphatic rings. The molecule has 0 unspecified atom stereocenters. The van der Waals surface area contributed by atoms with Crippen molar-refractivity contribution in [2.45, 2.75) is 32.7 Å². The number of fused-ring (bicyclic) bond motifs is 3. The third-order valence-corrected chi connectivity index (χ3v) is 6.60. The zero-order valence-corrected chi connectivity index (χ0v) is 21.6. The molecule has 0 spiro atoms. The largest absolute Gasteiger partial charge is 0.481 e. The molecule has 6 rings (SSSR count). The molecule has 0 aliphatic carbocycles. The van der Waals surface area contributed by atoms with Crippen LogP contribution < -0.4 is 11.3 Å². The Kier molecular flexibility index (Phi) is 7.51. The van der Waals surface area contributed by atoms with E-state index in [0.29, 0.717) is 24.2 Å². The number of nitrogens with one attached hydrogen (secondary N) is 2. The summed E-state index contributed by atoms with van der Waals surface area (Å²) in [6.07, 6.45) is 4.26. The molecule has 9 heteroatoms. The van der Waals surface area contributed by atoms with Gasteiger partial charge in [0.1, 0.15) is 5.69 Å². The molecule has 3 aromatic carbocycles. The highest BCUT2D eigenvalue weighted by Gasteiger charge is 2.22. The summed E-state index contributed by atoms with van der Waals surface area (Å²) in [7, 11) is 0.